The van der Waals surface area contributed by atoms with Crippen molar-refractivity contribution in [3.63, 3.8) is 0 Å². The Morgan fingerprint density at radius 3 is 0.810 bits per heavy atom. The number of esters is 4. The molecule has 0 fully saturated rings. The summed E-state index contributed by atoms with van der Waals surface area (Å²) in [5, 5.41) is 10.5. The van der Waals surface area contributed by atoms with Crippen LogP contribution in [0.2, 0.25) is 0 Å². The van der Waals surface area contributed by atoms with Crippen LogP contribution < -0.4 is 0 Å². The zero-order valence-corrected chi connectivity index (χ0v) is 56.0. The van der Waals surface area contributed by atoms with Crippen LogP contribution in [0.15, 0.2) is 0 Å². The van der Waals surface area contributed by atoms with Gasteiger partial charge >= 0.3 is 39.5 Å². The third kappa shape index (κ3) is 59.0. The van der Waals surface area contributed by atoms with E-state index in [9.17, 15) is 43.2 Å². The minimum atomic E-state index is -4.94. The van der Waals surface area contributed by atoms with Gasteiger partial charge in [0.25, 0.3) is 0 Å². The average Bonchev–Trinajstić information content (AvgIpc) is 3.45. The molecule has 0 bridgehead atoms. The van der Waals surface area contributed by atoms with Crippen LogP contribution in [-0.4, -0.2) is 96.7 Å². The van der Waals surface area contributed by atoms with Crippen LogP contribution in [0.5, 0.6) is 0 Å². The Balaban J connectivity index is 5.08. The molecule has 498 valence electrons. The van der Waals surface area contributed by atoms with Crippen molar-refractivity contribution in [2.45, 2.75) is 342 Å². The first-order valence-electron chi connectivity index (χ1n) is 34.0. The number of hydrogen-bond donors (Lipinski definition) is 3. The van der Waals surface area contributed by atoms with Gasteiger partial charge in [0.15, 0.2) is 12.2 Å². The number of carbonyl (C=O) groups is 4. The molecule has 5 atom stereocenters. The first-order chi connectivity index (χ1) is 40.4. The molecule has 0 aliphatic heterocycles. The van der Waals surface area contributed by atoms with Crippen LogP contribution in [0, 0.1) is 11.8 Å². The SMILES string of the molecule is CCCCCCCC(=O)OC[C@H](COP(=O)(O)OC[C@H](O)COP(=O)(O)OC[C@@H](COC(=O)CCCCCCCCCCCCCCCC(C)C)OC(=O)CCCCCCCCCCCCCCCCCC(C)C)OC(=O)CCCCCCC. The van der Waals surface area contributed by atoms with E-state index in [1.165, 1.54) is 135 Å². The van der Waals surface area contributed by atoms with Crippen molar-refractivity contribution in [1.82, 2.24) is 0 Å². The molecule has 0 aromatic rings. The summed E-state index contributed by atoms with van der Waals surface area (Å²) in [6, 6.07) is 0. The summed E-state index contributed by atoms with van der Waals surface area (Å²) < 4.78 is 67.6. The minimum Gasteiger partial charge on any atom is -0.462 e. The highest BCUT2D eigenvalue weighted by Crippen LogP contribution is 2.45. The first-order valence-corrected chi connectivity index (χ1v) is 37.0. The van der Waals surface area contributed by atoms with Crippen molar-refractivity contribution in [3.05, 3.63) is 0 Å². The Morgan fingerprint density at radius 2 is 0.548 bits per heavy atom. The number of phosphoric ester groups is 2. The fourth-order valence-corrected chi connectivity index (χ4v) is 11.3. The molecule has 19 heteroatoms. The summed E-state index contributed by atoms with van der Waals surface area (Å²) in [6.45, 7) is 9.37. The fourth-order valence-electron chi connectivity index (χ4n) is 9.71. The van der Waals surface area contributed by atoms with Gasteiger partial charge in [-0.2, -0.15) is 0 Å². The van der Waals surface area contributed by atoms with E-state index in [2.05, 4.69) is 41.5 Å². The van der Waals surface area contributed by atoms with E-state index in [1.807, 2.05) is 0 Å². The quantitative estimate of drug-likeness (QED) is 0.0222. The van der Waals surface area contributed by atoms with Crippen LogP contribution in [0.4, 0.5) is 0 Å². The van der Waals surface area contributed by atoms with Gasteiger partial charge in [-0.25, -0.2) is 9.13 Å². The van der Waals surface area contributed by atoms with Gasteiger partial charge in [0.1, 0.15) is 19.3 Å². The van der Waals surface area contributed by atoms with Gasteiger partial charge in [0, 0.05) is 25.7 Å². The first kappa shape index (κ1) is 82.1. The van der Waals surface area contributed by atoms with Gasteiger partial charge in [-0.3, -0.25) is 37.3 Å². The number of aliphatic hydroxyl groups is 1. The molecule has 0 rings (SSSR count). The summed E-state index contributed by atoms with van der Waals surface area (Å²) in [5.41, 5.74) is 0. The van der Waals surface area contributed by atoms with Crippen molar-refractivity contribution >= 4 is 39.5 Å². The molecule has 3 N–H and O–H groups in total. The standard InChI is InChI=1S/C65H126O17P2/c1-7-9-11-33-41-47-62(67)75-53-60(81-64(69)49-43-34-12-10-8-2)55-79-83(71,72)77-51-59(66)52-78-84(73,74)80-56-61(54-76-63(68)48-42-37-31-27-23-20-16-18-22-26-30-36-40-46-58(5)6)82-65(70)50-44-38-32-28-24-19-15-13-14-17-21-25-29-35-39-45-57(3)4/h57-61,66H,7-56H2,1-6H3,(H,71,72)(H,73,74)/t59-,60+,61+/m0/s1. The Kier molecular flexibility index (Phi) is 56.2. The molecule has 0 spiro atoms. The van der Waals surface area contributed by atoms with Gasteiger partial charge in [-0.15, -0.1) is 0 Å². The molecule has 0 radical (unpaired) electrons. The zero-order chi connectivity index (χ0) is 62.2. The Labute approximate surface area is 511 Å². The molecule has 0 amide bonds. The highest BCUT2D eigenvalue weighted by Gasteiger charge is 2.30. The average molecular weight is 1240 g/mol. The lowest BCUT2D eigenvalue weighted by Crippen LogP contribution is -2.30. The summed E-state index contributed by atoms with van der Waals surface area (Å²) in [7, 11) is -9.87. The summed E-state index contributed by atoms with van der Waals surface area (Å²) in [4.78, 5) is 71.7. The van der Waals surface area contributed by atoms with E-state index in [0.29, 0.717) is 25.7 Å². The molecule has 0 aromatic carbocycles. The topological polar surface area (TPSA) is 237 Å². The van der Waals surface area contributed by atoms with Crippen LogP contribution in [0.3, 0.4) is 0 Å². The van der Waals surface area contributed by atoms with E-state index < -0.39 is 97.5 Å². The monoisotopic (exact) mass is 1240 g/mol. The normalized spacial score (nSPS) is 14.3. The number of rotatable bonds is 64. The number of hydrogen-bond acceptors (Lipinski definition) is 15. The molecule has 0 aliphatic rings. The smallest absolute Gasteiger partial charge is 0.462 e. The molecule has 0 saturated heterocycles. The van der Waals surface area contributed by atoms with Gasteiger partial charge in [-0.05, 0) is 37.5 Å². The Morgan fingerprint density at radius 1 is 0.321 bits per heavy atom. The van der Waals surface area contributed by atoms with Gasteiger partial charge < -0.3 is 33.8 Å². The molecule has 0 heterocycles. The second-order valence-corrected chi connectivity index (χ2v) is 27.4. The highest BCUT2D eigenvalue weighted by atomic mass is 31.2. The third-order valence-electron chi connectivity index (χ3n) is 15.0. The molecule has 17 nitrogen and oxygen atoms in total. The molecular formula is C65H126O17P2. The van der Waals surface area contributed by atoms with Crippen molar-refractivity contribution < 1.29 is 80.2 Å². The predicted octanol–water partition coefficient (Wildman–Crippen LogP) is 18.0. The second kappa shape index (κ2) is 57.5. The predicted molar refractivity (Wildman–Crippen MR) is 335 cm³/mol. The van der Waals surface area contributed by atoms with Crippen LogP contribution in [-0.2, 0) is 65.4 Å². The van der Waals surface area contributed by atoms with Crippen molar-refractivity contribution in [2.75, 3.05) is 39.6 Å². The lowest BCUT2D eigenvalue weighted by Gasteiger charge is -2.21. The Hall–Kier alpha value is -1.94. The van der Waals surface area contributed by atoms with Gasteiger partial charge in [0.05, 0.1) is 26.4 Å². The fraction of sp³-hybridized carbons (Fsp3) is 0.938. The van der Waals surface area contributed by atoms with Gasteiger partial charge in [0.2, 0.25) is 0 Å². The zero-order valence-electron chi connectivity index (χ0n) is 54.2. The number of carbonyl (C=O) groups excluding carboxylic acids is 4. The maximum atomic E-state index is 13.0. The van der Waals surface area contributed by atoms with Gasteiger partial charge in [-0.1, -0.05) is 273 Å². The molecule has 0 saturated carbocycles. The second-order valence-electron chi connectivity index (χ2n) is 24.5. The minimum absolute atomic E-state index is 0.0987. The van der Waals surface area contributed by atoms with E-state index in [4.69, 9.17) is 37.0 Å². The maximum absolute atomic E-state index is 13.0. The van der Waals surface area contributed by atoms with Crippen LogP contribution in [0.25, 0.3) is 0 Å². The maximum Gasteiger partial charge on any atom is 0.472 e. The van der Waals surface area contributed by atoms with Crippen LogP contribution in [0.1, 0.15) is 324 Å². The lowest BCUT2D eigenvalue weighted by atomic mass is 10.0. The third-order valence-corrected chi connectivity index (χ3v) is 16.9. The molecule has 0 aliphatic carbocycles. The number of aliphatic hydroxyl groups excluding tert-OH is 1. The molecule has 0 aromatic heterocycles. The van der Waals surface area contributed by atoms with E-state index in [-0.39, 0.29) is 25.7 Å². The molecule has 2 unspecified atom stereocenters. The molecule has 84 heavy (non-hydrogen) atoms. The van der Waals surface area contributed by atoms with Crippen molar-refractivity contribution in [3.8, 4) is 0 Å². The lowest BCUT2D eigenvalue weighted by molar-refractivity contribution is -0.161. The van der Waals surface area contributed by atoms with E-state index >= 15 is 0 Å². The van der Waals surface area contributed by atoms with Crippen LogP contribution >= 0.6 is 15.6 Å². The van der Waals surface area contributed by atoms with E-state index in [0.717, 1.165) is 108 Å². The largest absolute Gasteiger partial charge is 0.472 e. The number of ether oxygens (including phenoxy) is 4. The summed E-state index contributed by atoms with van der Waals surface area (Å²) in [5.74, 6) is -0.560. The highest BCUT2D eigenvalue weighted by molar-refractivity contribution is 7.47. The summed E-state index contributed by atoms with van der Waals surface area (Å²) in [6.07, 6.45) is 41.2. The van der Waals surface area contributed by atoms with Crippen molar-refractivity contribution in [1.29, 1.82) is 0 Å². The number of unbranched alkanes of at least 4 members (excludes halogenated alkanes) is 34. The summed E-state index contributed by atoms with van der Waals surface area (Å²) >= 11 is 0. The number of phosphoric acid groups is 2. The Bertz CT molecular complexity index is 1650. The molecular weight excluding hydrogens is 1110 g/mol. The van der Waals surface area contributed by atoms with E-state index in [1.54, 1.807) is 0 Å². The van der Waals surface area contributed by atoms with Crippen molar-refractivity contribution in [2.24, 2.45) is 11.8 Å².